The summed E-state index contributed by atoms with van der Waals surface area (Å²) in [6, 6.07) is 5.50. The number of nitrogens with one attached hydrogen (secondary N) is 1. The highest BCUT2D eigenvalue weighted by atomic mass is 16.3. The second kappa shape index (κ2) is 8.99. The first kappa shape index (κ1) is 20.0. The Hall–Kier alpha value is -2.70. The fraction of sp³-hybridized carbons (Fsp3) is 0.524. The van der Waals surface area contributed by atoms with Gasteiger partial charge in [0.1, 0.15) is 23.0 Å². The number of amides is 2. The summed E-state index contributed by atoms with van der Waals surface area (Å²) < 4.78 is 5.46. The van der Waals surface area contributed by atoms with Gasteiger partial charge in [0.25, 0.3) is 5.91 Å². The summed E-state index contributed by atoms with van der Waals surface area (Å²) in [4.78, 5) is 35.3. The van der Waals surface area contributed by atoms with E-state index in [1.165, 1.54) is 0 Å². The molecule has 0 radical (unpaired) electrons. The van der Waals surface area contributed by atoms with Crippen LogP contribution in [0.4, 0.5) is 0 Å². The number of furan rings is 1. The lowest BCUT2D eigenvalue weighted by molar-refractivity contribution is -0.121. The van der Waals surface area contributed by atoms with Crippen molar-refractivity contribution in [3.63, 3.8) is 0 Å². The molecule has 0 aromatic carbocycles. The molecular formula is C21H28N4O3. The number of aromatic nitrogens is 2. The summed E-state index contributed by atoms with van der Waals surface area (Å²) in [6.45, 7) is 7.37. The SMILES string of the molecule is Cc1cc(C(=O)N2CCCC(CCC(=O)NCc3ccc(C)o3)C2)nc(C)n1. The number of hydrogen-bond donors (Lipinski definition) is 1. The van der Waals surface area contributed by atoms with Crippen molar-refractivity contribution in [1.29, 1.82) is 0 Å². The second-order valence-electron chi connectivity index (χ2n) is 7.53. The van der Waals surface area contributed by atoms with Gasteiger partial charge in [-0.25, -0.2) is 9.97 Å². The van der Waals surface area contributed by atoms with Gasteiger partial charge in [0.05, 0.1) is 6.54 Å². The number of carbonyl (C=O) groups is 2. The lowest BCUT2D eigenvalue weighted by Gasteiger charge is -2.32. The summed E-state index contributed by atoms with van der Waals surface area (Å²) >= 11 is 0. The van der Waals surface area contributed by atoms with E-state index >= 15 is 0 Å². The Morgan fingerprint density at radius 1 is 1.25 bits per heavy atom. The van der Waals surface area contributed by atoms with Crippen molar-refractivity contribution in [1.82, 2.24) is 20.2 Å². The Kier molecular flexibility index (Phi) is 6.44. The van der Waals surface area contributed by atoms with Gasteiger partial charge in [-0.05, 0) is 64.2 Å². The Morgan fingerprint density at radius 3 is 2.79 bits per heavy atom. The average molecular weight is 384 g/mol. The van der Waals surface area contributed by atoms with Crippen molar-refractivity contribution >= 4 is 11.8 Å². The van der Waals surface area contributed by atoms with E-state index in [2.05, 4.69) is 15.3 Å². The van der Waals surface area contributed by atoms with E-state index in [1.807, 2.05) is 30.9 Å². The molecule has 0 spiro atoms. The summed E-state index contributed by atoms with van der Waals surface area (Å²) in [5, 5.41) is 2.89. The number of carbonyl (C=O) groups excluding carboxylic acids is 2. The van der Waals surface area contributed by atoms with Gasteiger partial charge >= 0.3 is 0 Å². The van der Waals surface area contributed by atoms with E-state index in [-0.39, 0.29) is 11.8 Å². The first-order chi connectivity index (χ1) is 13.4. The van der Waals surface area contributed by atoms with Crippen LogP contribution in [0.3, 0.4) is 0 Å². The quantitative estimate of drug-likeness (QED) is 0.827. The maximum absolute atomic E-state index is 12.8. The highest BCUT2D eigenvalue weighted by molar-refractivity contribution is 5.92. The van der Waals surface area contributed by atoms with Crippen LogP contribution in [0.15, 0.2) is 22.6 Å². The van der Waals surface area contributed by atoms with Gasteiger partial charge in [0.2, 0.25) is 5.91 Å². The minimum Gasteiger partial charge on any atom is -0.465 e. The van der Waals surface area contributed by atoms with Crippen molar-refractivity contribution in [2.75, 3.05) is 13.1 Å². The van der Waals surface area contributed by atoms with Crippen molar-refractivity contribution in [3.8, 4) is 0 Å². The number of nitrogens with zero attached hydrogens (tertiary/aromatic N) is 3. The molecular weight excluding hydrogens is 356 g/mol. The van der Waals surface area contributed by atoms with Gasteiger partial charge in [-0.15, -0.1) is 0 Å². The third-order valence-electron chi connectivity index (χ3n) is 5.03. The van der Waals surface area contributed by atoms with Crippen LogP contribution in [-0.4, -0.2) is 39.8 Å². The molecule has 7 heteroatoms. The normalized spacial score (nSPS) is 16.8. The van der Waals surface area contributed by atoms with E-state index in [4.69, 9.17) is 4.42 Å². The molecule has 0 saturated carbocycles. The molecule has 0 bridgehead atoms. The monoisotopic (exact) mass is 384 g/mol. The average Bonchev–Trinajstić information content (AvgIpc) is 3.09. The molecule has 1 aliphatic rings. The first-order valence-electron chi connectivity index (χ1n) is 9.84. The molecule has 2 aromatic heterocycles. The highest BCUT2D eigenvalue weighted by Crippen LogP contribution is 2.22. The van der Waals surface area contributed by atoms with Crippen LogP contribution in [0.25, 0.3) is 0 Å². The van der Waals surface area contributed by atoms with Gasteiger partial charge in [0.15, 0.2) is 0 Å². The summed E-state index contributed by atoms with van der Waals surface area (Å²) in [7, 11) is 0. The van der Waals surface area contributed by atoms with Crippen LogP contribution in [-0.2, 0) is 11.3 Å². The molecule has 3 heterocycles. The molecule has 1 unspecified atom stereocenters. The van der Waals surface area contributed by atoms with Crippen LogP contribution >= 0.6 is 0 Å². The zero-order valence-corrected chi connectivity index (χ0v) is 16.8. The molecule has 1 aliphatic heterocycles. The number of likely N-dealkylation sites (tertiary alicyclic amines) is 1. The third-order valence-corrected chi connectivity index (χ3v) is 5.03. The molecule has 7 nitrogen and oxygen atoms in total. The number of rotatable bonds is 6. The van der Waals surface area contributed by atoms with Gasteiger partial charge < -0.3 is 14.6 Å². The van der Waals surface area contributed by atoms with Crippen molar-refractivity contribution in [2.45, 2.75) is 53.0 Å². The van der Waals surface area contributed by atoms with Gasteiger partial charge in [-0.3, -0.25) is 9.59 Å². The molecule has 1 saturated heterocycles. The van der Waals surface area contributed by atoms with Crippen molar-refractivity contribution in [3.05, 3.63) is 46.9 Å². The lowest BCUT2D eigenvalue weighted by Crippen LogP contribution is -2.40. The molecule has 1 atom stereocenters. The van der Waals surface area contributed by atoms with Crippen LogP contribution in [0.2, 0.25) is 0 Å². The maximum atomic E-state index is 12.8. The Labute approximate surface area is 165 Å². The number of piperidine rings is 1. The smallest absolute Gasteiger partial charge is 0.272 e. The molecule has 0 aliphatic carbocycles. The van der Waals surface area contributed by atoms with E-state index in [1.54, 1.807) is 13.0 Å². The molecule has 150 valence electrons. The van der Waals surface area contributed by atoms with Crippen molar-refractivity contribution < 1.29 is 14.0 Å². The van der Waals surface area contributed by atoms with Crippen LogP contribution in [0.5, 0.6) is 0 Å². The lowest BCUT2D eigenvalue weighted by atomic mass is 9.93. The predicted octanol–water partition coefficient (Wildman–Crippen LogP) is 2.94. The standard InChI is InChI=1S/C21H28N4O3/c1-14-11-19(24-16(3)23-14)21(27)25-10-4-5-17(13-25)7-9-20(26)22-12-18-8-6-15(2)28-18/h6,8,11,17H,4-5,7,9-10,12-13H2,1-3H3,(H,22,26). The first-order valence-corrected chi connectivity index (χ1v) is 9.84. The Morgan fingerprint density at radius 2 is 2.07 bits per heavy atom. The van der Waals surface area contributed by atoms with Gasteiger partial charge in [-0.1, -0.05) is 0 Å². The predicted molar refractivity (Wildman–Crippen MR) is 105 cm³/mol. The molecule has 1 N–H and O–H groups in total. The van der Waals surface area contributed by atoms with E-state index < -0.39 is 0 Å². The maximum Gasteiger partial charge on any atom is 0.272 e. The second-order valence-corrected chi connectivity index (χ2v) is 7.53. The van der Waals surface area contributed by atoms with E-state index in [0.717, 1.165) is 43.0 Å². The van der Waals surface area contributed by atoms with E-state index in [9.17, 15) is 9.59 Å². The van der Waals surface area contributed by atoms with Gasteiger partial charge in [0, 0.05) is 25.2 Å². The highest BCUT2D eigenvalue weighted by Gasteiger charge is 2.26. The van der Waals surface area contributed by atoms with E-state index in [0.29, 0.717) is 36.9 Å². The summed E-state index contributed by atoms with van der Waals surface area (Å²) in [6.07, 6.45) is 3.22. The summed E-state index contributed by atoms with van der Waals surface area (Å²) in [5.74, 6) is 2.51. The Bertz CT molecular complexity index is 826. The van der Waals surface area contributed by atoms with Crippen LogP contribution in [0, 0.1) is 26.7 Å². The fourth-order valence-electron chi connectivity index (χ4n) is 3.66. The molecule has 2 aromatic rings. The fourth-order valence-corrected chi connectivity index (χ4v) is 3.66. The van der Waals surface area contributed by atoms with Crippen molar-refractivity contribution in [2.24, 2.45) is 5.92 Å². The molecule has 28 heavy (non-hydrogen) atoms. The van der Waals surface area contributed by atoms with Crippen LogP contribution < -0.4 is 5.32 Å². The third kappa shape index (κ3) is 5.41. The van der Waals surface area contributed by atoms with Crippen LogP contribution in [0.1, 0.15) is 59.2 Å². The number of hydrogen-bond acceptors (Lipinski definition) is 5. The molecule has 3 rings (SSSR count). The topological polar surface area (TPSA) is 88.3 Å². The zero-order chi connectivity index (χ0) is 20.1. The summed E-state index contributed by atoms with van der Waals surface area (Å²) in [5.41, 5.74) is 1.25. The van der Waals surface area contributed by atoms with Gasteiger partial charge in [-0.2, -0.15) is 0 Å². The Balaban J connectivity index is 1.47. The minimum atomic E-state index is -0.0454. The molecule has 1 fully saturated rings. The zero-order valence-electron chi connectivity index (χ0n) is 16.8. The minimum absolute atomic E-state index is 0.0135. The number of aryl methyl sites for hydroxylation is 3. The molecule has 2 amide bonds. The largest absolute Gasteiger partial charge is 0.465 e.